The topological polar surface area (TPSA) is 92.8 Å². The number of nitrogens with one attached hydrogen (secondary N) is 1. The van der Waals surface area contributed by atoms with Crippen molar-refractivity contribution in [3.05, 3.63) is 41.0 Å². The number of carbonyl (C=O) groups excluding carboxylic acids is 2. The molecule has 0 radical (unpaired) electrons. The summed E-state index contributed by atoms with van der Waals surface area (Å²) in [5, 5.41) is 2.77. The molecule has 1 saturated heterocycles. The number of carbonyl (C=O) groups is 2. The second-order valence-electron chi connectivity index (χ2n) is 8.23. The van der Waals surface area contributed by atoms with Gasteiger partial charge in [0.2, 0.25) is 10.0 Å². The summed E-state index contributed by atoms with van der Waals surface area (Å²) in [5.41, 5.74) is 2.14. The van der Waals surface area contributed by atoms with E-state index in [0.29, 0.717) is 25.2 Å². The molecule has 1 N–H and O–H groups in total. The van der Waals surface area contributed by atoms with Gasteiger partial charge in [-0.3, -0.25) is 4.79 Å². The van der Waals surface area contributed by atoms with Gasteiger partial charge in [-0.05, 0) is 69.6 Å². The van der Waals surface area contributed by atoms with Gasteiger partial charge in [-0.25, -0.2) is 13.2 Å². The standard InChI is InChI=1S/C23H32N2O5S/c1-18-10-11-20(31(28,29)25-14-6-3-7-15-25)16-21(18)23(27)30-17-22(26)24-13-12-19-8-4-2-5-9-19/h8,10-11,16H,2-7,9,12-15,17H2,1H3,(H,24,26). The molecule has 1 heterocycles. The number of hydrogen-bond acceptors (Lipinski definition) is 5. The van der Waals surface area contributed by atoms with Gasteiger partial charge in [0.15, 0.2) is 6.61 Å². The number of rotatable bonds is 8. The number of amides is 1. The quantitative estimate of drug-likeness (QED) is 0.486. The Morgan fingerprint density at radius 2 is 1.87 bits per heavy atom. The number of esters is 1. The average molecular weight is 449 g/mol. The maximum atomic E-state index is 12.9. The highest BCUT2D eigenvalue weighted by molar-refractivity contribution is 7.89. The van der Waals surface area contributed by atoms with Crippen LogP contribution in [0.15, 0.2) is 34.7 Å². The molecular formula is C23H32N2O5S. The number of aryl methyl sites for hydroxylation is 1. The summed E-state index contributed by atoms with van der Waals surface area (Å²) in [5.74, 6) is -1.06. The van der Waals surface area contributed by atoms with Crippen LogP contribution in [0.1, 0.15) is 67.3 Å². The van der Waals surface area contributed by atoms with E-state index >= 15 is 0 Å². The Balaban J connectivity index is 1.55. The van der Waals surface area contributed by atoms with Gasteiger partial charge < -0.3 is 10.1 Å². The second kappa shape index (κ2) is 10.9. The minimum atomic E-state index is -3.65. The van der Waals surface area contributed by atoms with E-state index in [1.165, 1.54) is 34.9 Å². The normalized spacial score (nSPS) is 17.6. The zero-order valence-corrected chi connectivity index (χ0v) is 19.0. The molecule has 1 fully saturated rings. The monoisotopic (exact) mass is 448 g/mol. The van der Waals surface area contributed by atoms with Crippen molar-refractivity contribution in [2.24, 2.45) is 0 Å². The van der Waals surface area contributed by atoms with Crippen molar-refractivity contribution in [1.29, 1.82) is 0 Å². The minimum Gasteiger partial charge on any atom is -0.452 e. The number of nitrogens with zero attached hydrogens (tertiary/aromatic N) is 1. The summed E-state index contributed by atoms with van der Waals surface area (Å²) in [6.07, 6.45) is 10.4. The molecule has 8 heteroatoms. The lowest BCUT2D eigenvalue weighted by Gasteiger charge is -2.26. The van der Waals surface area contributed by atoms with E-state index in [2.05, 4.69) is 11.4 Å². The van der Waals surface area contributed by atoms with Crippen molar-refractivity contribution < 1.29 is 22.7 Å². The molecule has 170 valence electrons. The lowest BCUT2D eigenvalue weighted by molar-refractivity contribution is -0.124. The maximum Gasteiger partial charge on any atom is 0.338 e. The van der Waals surface area contributed by atoms with Gasteiger partial charge in [-0.15, -0.1) is 0 Å². The van der Waals surface area contributed by atoms with Crippen molar-refractivity contribution in [2.45, 2.75) is 63.2 Å². The van der Waals surface area contributed by atoms with Crippen LogP contribution in [-0.4, -0.2) is 50.8 Å². The van der Waals surface area contributed by atoms with Gasteiger partial charge in [-0.1, -0.05) is 24.1 Å². The SMILES string of the molecule is Cc1ccc(S(=O)(=O)N2CCCCC2)cc1C(=O)OCC(=O)NCCC1=CCCCC1. The highest BCUT2D eigenvalue weighted by Gasteiger charge is 2.27. The Morgan fingerprint density at radius 3 is 2.58 bits per heavy atom. The third-order valence-electron chi connectivity index (χ3n) is 5.87. The Morgan fingerprint density at radius 1 is 1.10 bits per heavy atom. The summed E-state index contributed by atoms with van der Waals surface area (Å²) in [6, 6.07) is 4.48. The summed E-state index contributed by atoms with van der Waals surface area (Å²) in [6.45, 7) is 2.83. The van der Waals surface area contributed by atoms with E-state index in [1.807, 2.05) is 0 Å². The van der Waals surface area contributed by atoms with E-state index in [9.17, 15) is 18.0 Å². The molecule has 1 aliphatic carbocycles. The van der Waals surface area contributed by atoms with Crippen LogP contribution < -0.4 is 5.32 Å². The molecule has 0 bridgehead atoms. The lowest BCUT2D eigenvalue weighted by Crippen LogP contribution is -2.35. The maximum absolute atomic E-state index is 12.9. The first-order chi connectivity index (χ1) is 14.9. The molecule has 0 unspecified atom stereocenters. The third-order valence-corrected chi connectivity index (χ3v) is 7.76. The number of sulfonamides is 1. The van der Waals surface area contributed by atoms with Crippen LogP contribution in [0.4, 0.5) is 0 Å². The van der Waals surface area contributed by atoms with E-state index in [1.54, 1.807) is 13.0 Å². The number of benzene rings is 1. The van der Waals surface area contributed by atoms with Crippen molar-refractivity contribution in [1.82, 2.24) is 9.62 Å². The third kappa shape index (κ3) is 6.40. The first-order valence-corrected chi connectivity index (χ1v) is 12.5. The van der Waals surface area contributed by atoms with Crippen LogP contribution in [-0.2, 0) is 19.6 Å². The van der Waals surface area contributed by atoms with Crippen molar-refractivity contribution >= 4 is 21.9 Å². The molecule has 1 aromatic rings. The van der Waals surface area contributed by atoms with E-state index in [-0.39, 0.29) is 23.0 Å². The predicted molar refractivity (Wildman–Crippen MR) is 118 cm³/mol. The number of piperidine rings is 1. The Labute approximate surface area is 184 Å². The smallest absolute Gasteiger partial charge is 0.338 e. The molecule has 1 aliphatic heterocycles. The molecule has 0 saturated carbocycles. The fourth-order valence-electron chi connectivity index (χ4n) is 3.99. The fourth-order valence-corrected chi connectivity index (χ4v) is 5.53. The van der Waals surface area contributed by atoms with Crippen LogP contribution in [0.25, 0.3) is 0 Å². The molecule has 3 rings (SSSR count). The number of allylic oxidation sites excluding steroid dienone is 1. The zero-order valence-electron chi connectivity index (χ0n) is 18.2. The molecule has 7 nitrogen and oxygen atoms in total. The number of ether oxygens (including phenoxy) is 1. The summed E-state index contributed by atoms with van der Waals surface area (Å²) in [4.78, 5) is 24.6. The van der Waals surface area contributed by atoms with Crippen molar-refractivity contribution in [3.63, 3.8) is 0 Å². The Kier molecular flexibility index (Phi) is 8.26. The molecule has 0 spiro atoms. The zero-order chi connectivity index (χ0) is 22.3. The average Bonchev–Trinajstić information content (AvgIpc) is 2.79. The first-order valence-electron chi connectivity index (χ1n) is 11.1. The van der Waals surface area contributed by atoms with Gasteiger partial charge in [0, 0.05) is 19.6 Å². The molecule has 0 atom stereocenters. The van der Waals surface area contributed by atoms with Crippen molar-refractivity contribution in [2.75, 3.05) is 26.2 Å². The van der Waals surface area contributed by atoms with Crippen LogP contribution in [0.5, 0.6) is 0 Å². The van der Waals surface area contributed by atoms with Crippen LogP contribution in [0.3, 0.4) is 0 Å². The predicted octanol–water partition coefficient (Wildman–Crippen LogP) is 3.33. The van der Waals surface area contributed by atoms with Gasteiger partial charge in [0.1, 0.15) is 0 Å². The molecule has 1 aromatic carbocycles. The fraction of sp³-hybridized carbons (Fsp3) is 0.565. The molecule has 0 aromatic heterocycles. The molecule has 31 heavy (non-hydrogen) atoms. The minimum absolute atomic E-state index is 0.0807. The van der Waals surface area contributed by atoms with E-state index < -0.39 is 16.0 Å². The highest BCUT2D eigenvalue weighted by atomic mass is 32.2. The van der Waals surface area contributed by atoms with E-state index in [4.69, 9.17) is 4.74 Å². The van der Waals surface area contributed by atoms with Crippen molar-refractivity contribution in [3.8, 4) is 0 Å². The summed E-state index contributed by atoms with van der Waals surface area (Å²) < 4.78 is 32.4. The lowest BCUT2D eigenvalue weighted by atomic mass is 9.97. The number of hydrogen-bond donors (Lipinski definition) is 1. The molecular weight excluding hydrogens is 416 g/mol. The molecule has 1 amide bonds. The van der Waals surface area contributed by atoms with E-state index in [0.717, 1.165) is 38.5 Å². The largest absolute Gasteiger partial charge is 0.452 e. The van der Waals surface area contributed by atoms with Crippen LogP contribution in [0.2, 0.25) is 0 Å². The second-order valence-corrected chi connectivity index (χ2v) is 10.2. The summed E-state index contributed by atoms with van der Waals surface area (Å²) in [7, 11) is -3.65. The van der Waals surface area contributed by atoms with Crippen LogP contribution in [0, 0.1) is 6.92 Å². The van der Waals surface area contributed by atoms with Gasteiger partial charge in [-0.2, -0.15) is 4.31 Å². The van der Waals surface area contributed by atoms with Gasteiger partial charge in [0.25, 0.3) is 5.91 Å². The van der Waals surface area contributed by atoms with Crippen LogP contribution >= 0.6 is 0 Å². The Hall–Kier alpha value is -2.19. The summed E-state index contributed by atoms with van der Waals surface area (Å²) >= 11 is 0. The van der Waals surface area contributed by atoms with Gasteiger partial charge in [0.05, 0.1) is 10.5 Å². The molecule has 2 aliphatic rings. The highest BCUT2D eigenvalue weighted by Crippen LogP contribution is 2.23. The Bertz CT molecular complexity index is 933. The van der Waals surface area contributed by atoms with Gasteiger partial charge >= 0.3 is 5.97 Å². The first kappa shape index (κ1) is 23.5.